The van der Waals surface area contributed by atoms with Gasteiger partial charge < -0.3 is 5.73 Å². The van der Waals surface area contributed by atoms with E-state index in [9.17, 15) is 18.0 Å². The molecule has 2 aromatic heterocycles. The Morgan fingerprint density at radius 2 is 1.81 bits per heavy atom. The van der Waals surface area contributed by atoms with E-state index in [0.29, 0.717) is 5.56 Å². The fourth-order valence-electron chi connectivity index (χ4n) is 4.27. The molecule has 160 valence electrons. The number of rotatable bonds is 5. The van der Waals surface area contributed by atoms with Crippen LogP contribution in [0.2, 0.25) is 0 Å². The average molecular weight is 425 g/mol. The summed E-state index contributed by atoms with van der Waals surface area (Å²) in [5.41, 5.74) is 6.81. The lowest BCUT2D eigenvalue weighted by molar-refractivity contribution is 0.0983. The van der Waals surface area contributed by atoms with Crippen LogP contribution in [0.1, 0.15) is 53.2 Å². The summed E-state index contributed by atoms with van der Waals surface area (Å²) in [7, 11) is 0. The first kappa shape index (κ1) is 21.2. The lowest BCUT2D eigenvalue weighted by Crippen LogP contribution is -2.27. The van der Waals surface area contributed by atoms with E-state index >= 15 is 0 Å². The zero-order valence-corrected chi connectivity index (χ0v) is 16.8. The summed E-state index contributed by atoms with van der Waals surface area (Å²) in [5.74, 6) is -2.87. The normalized spacial score (nSPS) is 18.7. The highest BCUT2D eigenvalue weighted by Gasteiger charge is 2.25. The molecule has 4 nitrogen and oxygen atoms in total. The van der Waals surface area contributed by atoms with Gasteiger partial charge in [0, 0.05) is 24.9 Å². The molecule has 0 unspecified atom stereocenters. The minimum absolute atomic E-state index is 0.109. The van der Waals surface area contributed by atoms with Gasteiger partial charge in [-0.1, -0.05) is 12.5 Å². The SMILES string of the molecule is N[C@H]1CCC[C@@H](c2ccncc2CC(=O)c2nc(-c3c(F)cccc3F)ccc2F)C1. The van der Waals surface area contributed by atoms with Crippen LogP contribution in [-0.4, -0.2) is 21.8 Å². The Kier molecular flexibility index (Phi) is 6.13. The van der Waals surface area contributed by atoms with E-state index in [0.717, 1.165) is 55.5 Å². The number of hydrogen-bond acceptors (Lipinski definition) is 4. The highest BCUT2D eigenvalue weighted by atomic mass is 19.1. The molecule has 2 N–H and O–H groups in total. The molecule has 0 spiro atoms. The van der Waals surface area contributed by atoms with E-state index in [4.69, 9.17) is 5.73 Å². The van der Waals surface area contributed by atoms with Crippen molar-refractivity contribution in [3.63, 3.8) is 0 Å². The molecule has 1 aliphatic rings. The van der Waals surface area contributed by atoms with Crippen LogP contribution in [0.25, 0.3) is 11.3 Å². The number of ketones is 1. The summed E-state index contributed by atoms with van der Waals surface area (Å²) in [6.07, 6.45) is 6.93. The van der Waals surface area contributed by atoms with E-state index in [-0.39, 0.29) is 24.1 Å². The standard InChI is InChI=1S/C24H22F3N3O/c25-18-5-2-6-19(26)23(18)21-8-7-20(27)24(30-21)22(31)12-15-13-29-10-9-17(15)14-3-1-4-16(28)11-14/h2,5-10,13-14,16H,1,3-4,11-12,28H2/t14-,16+/m1/s1. The van der Waals surface area contributed by atoms with Crippen LogP contribution >= 0.6 is 0 Å². The number of nitrogens with two attached hydrogens (primary N) is 1. The zero-order chi connectivity index (χ0) is 22.0. The molecule has 0 radical (unpaired) electrons. The van der Waals surface area contributed by atoms with Crippen molar-refractivity contribution in [1.29, 1.82) is 0 Å². The van der Waals surface area contributed by atoms with Crippen molar-refractivity contribution >= 4 is 5.78 Å². The van der Waals surface area contributed by atoms with Gasteiger partial charge in [0.25, 0.3) is 0 Å². The third kappa shape index (κ3) is 4.51. The molecule has 2 heterocycles. The van der Waals surface area contributed by atoms with Crippen LogP contribution in [0.5, 0.6) is 0 Å². The van der Waals surface area contributed by atoms with Gasteiger partial charge in [-0.15, -0.1) is 0 Å². The van der Waals surface area contributed by atoms with E-state index in [1.165, 1.54) is 6.07 Å². The van der Waals surface area contributed by atoms with Crippen LogP contribution in [-0.2, 0) is 6.42 Å². The first-order valence-electron chi connectivity index (χ1n) is 10.3. The number of halogens is 3. The predicted molar refractivity (Wildman–Crippen MR) is 111 cm³/mol. The van der Waals surface area contributed by atoms with Gasteiger partial charge in [0.2, 0.25) is 0 Å². The number of nitrogens with zero attached hydrogens (tertiary/aromatic N) is 2. The average Bonchev–Trinajstić information content (AvgIpc) is 2.75. The Morgan fingerprint density at radius 1 is 1.03 bits per heavy atom. The Hall–Kier alpha value is -3.06. The smallest absolute Gasteiger partial charge is 0.188 e. The Balaban J connectivity index is 1.65. The third-order valence-electron chi connectivity index (χ3n) is 5.78. The molecule has 0 aliphatic heterocycles. The molecule has 7 heteroatoms. The number of carbonyl (C=O) groups excluding carboxylic acids is 1. The molecule has 1 fully saturated rings. The highest BCUT2D eigenvalue weighted by Crippen LogP contribution is 2.34. The maximum atomic E-state index is 14.4. The number of Topliss-reactive ketones (excluding diaryl/α,β-unsaturated/α-hetero) is 1. The second kappa shape index (κ2) is 8.98. The van der Waals surface area contributed by atoms with Gasteiger partial charge in [-0.2, -0.15) is 0 Å². The minimum Gasteiger partial charge on any atom is -0.328 e. The maximum absolute atomic E-state index is 14.4. The van der Waals surface area contributed by atoms with E-state index < -0.39 is 34.5 Å². The van der Waals surface area contributed by atoms with Gasteiger partial charge in [-0.05, 0) is 66.6 Å². The zero-order valence-electron chi connectivity index (χ0n) is 16.8. The second-order valence-electron chi connectivity index (χ2n) is 7.92. The summed E-state index contributed by atoms with van der Waals surface area (Å²) in [4.78, 5) is 21.0. The van der Waals surface area contributed by atoms with Crippen molar-refractivity contribution in [2.24, 2.45) is 5.73 Å². The maximum Gasteiger partial charge on any atom is 0.188 e. The molecular formula is C24H22F3N3O. The van der Waals surface area contributed by atoms with Crippen LogP contribution < -0.4 is 5.73 Å². The predicted octanol–water partition coefficient (Wildman–Crippen LogP) is 4.97. The third-order valence-corrected chi connectivity index (χ3v) is 5.78. The van der Waals surface area contributed by atoms with Crippen molar-refractivity contribution in [2.45, 2.75) is 44.1 Å². The van der Waals surface area contributed by atoms with Crippen LogP contribution in [0.15, 0.2) is 48.8 Å². The van der Waals surface area contributed by atoms with Crippen molar-refractivity contribution in [3.8, 4) is 11.3 Å². The molecule has 3 aromatic rings. The molecule has 2 atom stereocenters. The quantitative estimate of drug-likeness (QED) is 0.586. The highest BCUT2D eigenvalue weighted by molar-refractivity contribution is 5.96. The first-order chi connectivity index (χ1) is 14.9. The molecule has 4 rings (SSSR count). The topological polar surface area (TPSA) is 68.9 Å². The Bertz CT molecular complexity index is 1100. The van der Waals surface area contributed by atoms with Gasteiger partial charge in [0.05, 0.1) is 11.3 Å². The molecule has 0 amide bonds. The summed E-state index contributed by atoms with van der Waals surface area (Å²) in [6.45, 7) is 0. The molecule has 1 aromatic carbocycles. The number of carbonyl (C=O) groups is 1. The Labute approximate surface area is 178 Å². The number of pyridine rings is 2. The molecule has 0 bridgehead atoms. The molecular weight excluding hydrogens is 403 g/mol. The number of aromatic nitrogens is 2. The molecule has 31 heavy (non-hydrogen) atoms. The summed E-state index contributed by atoms with van der Waals surface area (Å²) in [6, 6.07) is 7.55. The summed E-state index contributed by atoms with van der Waals surface area (Å²) >= 11 is 0. The van der Waals surface area contributed by atoms with E-state index in [1.807, 2.05) is 6.07 Å². The molecule has 1 saturated carbocycles. The fraction of sp³-hybridized carbons (Fsp3) is 0.292. The number of benzene rings is 1. The van der Waals surface area contributed by atoms with Crippen LogP contribution in [0.3, 0.4) is 0 Å². The van der Waals surface area contributed by atoms with E-state index in [1.54, 1.807) is 12.4 Å². The van der Waals surface area contributed by atoms with Gasteiger partial charge in [0.15, 0.2) is 11.6 Å². The lowest BCUT2D eigenvalue weighted by atomic mass is 9.80. The minimum atomic E-state index is -0.837. The largest absolute Gasteiger partial charge is 0.328 e. The van der Waals surface area contributed by atoms with Gasteiger partial charge in [-0.3, -0.25) is 9.78 Å². The van der Waals surface area contributed by atoms with Crippen LogP contribution in [0, 0.1) is 17.5 Å². The fourth-order valence-corrected chi connectivity index (χ4v) is 4.27. The lowest BCUT2D eigenvalue weighted by Gasteiger charge is -2.28. The van der Waals surface area contributed by atoms with Gasteiger partial charge in [-0.25, -0.2) is 18.2 Å². The first-order valence-corrected chi connectivity index (χ1v) is 10.3. The van der Waals surface area contributed by atoms with Crippen molar-refractivity contribution in [2.75, 3.05) is 0 Å². The van der Waals surface area contributed by atoms with Crippen molar-refractivity contribution < 1.29 is 18.0 Å². The van der Waals surface area contributed by atoms with Crippen LogP contribution in [0.4, 0.5) is 13.2 Å². The van der Waals surface area contributed by atoms with Crippen molar-refractivity contribution in [1.82, 2.24) is 9.97 Å². The summed E-state index contributed by atoms with van der Waals surface area (Å²) < 4.78 is 42.7. The Morgan fingerprint density at radius 3 is 2.55 bits per heavy atom. The van der Waals surface area contributed by atoms with Gasteiger partial charge >= 0.3 is 0 Å². The van der Waals surface area contributed by atoms with Gasteiger partial charge in [0.1, 0.15) is 17.3 Å². The van der Waals surface area contributed by atoms with Crippen molar-refractivity contribution in [3.05, 3.63) is 83.1 Å². The molecule has 1 aliphatic carbocycles. The molecule has 0 saturated heterocycles. The summed E-state index contributed by atoms with van der Waals surface area (Å²) in [5, 5.41) is 0. The second-order valence-corrected chi connectivity index (χ2v) is 7.92. The number of hydrogen-bond donors (Lipinski definition) is 1. The van der Waals surface area contributed by atoms with E-state index in [2.05, 4.69) is 9.97 Å². The monoisotopic (exact) mass is 425 g/mol.